The second-order valence-electron chi connectivity index (χ2n) is 7.13. The second-order valence-corrected chi connectivity index (χ2v) is 7.13. The molecule has 110 valence electrons. The molecule has 1 saturated heterocycles. The van der Waals surface area contributed by atoms with Crippen LogP contribution in [0.15, 0.2) is 24.3 Å². The summed E-state index contributed by atoms with van der Waals surface area (Å²) in [5.41, 5.74) is 2.82. The molecule has 2 atom stereocenters. The molecule has 0 aromatic heterocycles. The summed E-state index contributed by atoms with van der Waals surface area (Å²) in [4.78, 5) is 2.57. The summed E-state index contributed by atoms with van der Waals surface area (Å²) in [6.07, 6.45) is 8.58. The van der Waals surface area contributed by atoms with Gasteiger partial charge in [-0.3, -0.25) is 4.90 Å². The topological polar surface area (TPSA) is 27.0 Å². The molecule has 1 aliphatic heterocycles. The molecule has 0 radical (unpaired) electrons. The highest BCUT2D eigenvalue weighted by Crippen LogP contribution is 2.50. The van der Waals surface area contributed by atoms with Crippen LogP contribution in [-0.4, -0.2) is 23.5 Å². The monoisotopic (exact) mass is 280 g/mol. The van der Waals surface area contributed by atoms with E-state index in [1.54, 1.807) is 0 Å². The van der Waals surface area contributed by atoms with Gasteiger partial charge in [-0.2, -0.15) is 5.26 Å². The molecular weight excluding hydrogens is 256 g/mol. The van der Waals surface area contributed by atoms with Crippen LogP contribution in [0, 0.1) is 23.2 Å². The van der Waals surface area contributed by atoms with Crippen molar-refractivity contribution < 1.29 is 0 Å². The van der Waals surface area contributed by atoms with E-state index >= 15 is 0 Å². The smallest absolute Gasteiger partial charge is 0.115 e. The minimum atomic E-state index is -0.181. The number of hydrogen-bond donors (Lipinski definition) is 0. The average molecular weight is 280 g/mol. The number of likely N-dealkylation sites (tertiary alicyclic amines) is 1. The SMILES string of the molecule is N#CC1(N2CCCCC2)C2CCC1Cc1ccccc1C2. The van der Waals surface area contributed by atoms with Crippen LogP contribution < -0.4 is 0 Å². The lowest BCUT2D eigenvalue weighted by molar-refractivity contribution is 0.0478. The molecule has 1 heterocycles. The lowest BCUT2D eigenvalue weighted by Gasteiger charge is -2.45. The first-order chi connectivity index (χ1) is 10.3. The number of nitrogens with zero attached hydrogens (tertiary/aromatic N) is 2. The first kappa shape index (κ1) is 13.3. The highest BCUT2D eigenvalue weighted by atomic mass is 15.2. The molecule has 4 rings (SSSR count). The van der Waals surface area contributed by atoms with Crippen molar-refractivity contribution in [3.8, 4) is 6.07 Å². The van der Waals surface area contributed by atoms with E-state index in [1.807, 2.05) is 0 Å². The van der Waals surface area contributed by atoms with E-state index < -0.39 is 0 Å². The van der Waals surface area contributed by atoms with E-state index in [0.717, 1.165) is 25.9 Å². The Morgan fingerprint density at radius 1 is 0.952 bits per heavy atom. The molecule has 0 spiro atoms. The fraction of sp³-hybridized carbons (Fsp3) is 0.632. The maximum Gasteiger partial charge on any atom is 0.115 e. The Hall–Kier alpha value is -1.33. The van der Waals surface area contributed by atoms with Gasteiger partial charge in [-0.05, 0) is 74.6 Å². The van der Waals surface area contributed by atoms with Crippen LogP contribution in [0.25, 0.3) is 0 Å². The van der Waals surface area contributed by atoms with E-state index in [0.29, 0.717) is 11.8 Å². The van der Waals surface area contributed by atoms with Crippen molar-refractivity contribution in [2.75, 3.05) is 13.1 Å². The Bertz CT molecular complexity index is 532. The third kappa shape index (κ3) is 1.94. The summed E-state index contributed by atoms with van der Waals surface area (Å²) in [5, 5.41) is 10.2. The standard InChI is InChI=1S/C19H24N2/c20-14-19(21-10-4-1-5-11-21)17-8-9-18(19)13-16-7-3-2-6-15(16)12-17/h2-3,6-7,17-18H,1,4-5,8-13H2. The van der Waals surface area contributed by atoms with E-state index in [4.69, 9.17) is 0 Å². The van der Waals surface area contributed by atoms with Gasteiger partial charge in [-0.15, -0.1) is 0 Å². The molecule has 1 aromatic carbocycles. The Balaban J connectivity index is 1.74. The van der Waals surface area contributed by atoms with Crippen LogP contribution in [0.3, 0.4) is 0 Å². The first-order valence-electron chi connectivity index (χ1n) is 8.57. The molecule has 2 fully saturated rings. The highest BCUT2D eigenvalue weighted by molar-refractivity contribution is 5.35. The van der Waals surface area contributed by atoms with Crippen LogP contribution >= 0.6 is 0 Å². The lowest BCUT2D eigenvalue weighted by Crippen LogP contribution is -2.56. The Kier molecular flexibility index (Phi) is 3.27. The number of nitriles is 1. The molecule has 2 heteroatoms. The fourth-order valence-corrected chi connectivity index (χ4v) is 5.21. The van der Waals surface area contributed by atoms with Crippen LogP contribution in [0.4, 0.5) is 0 Å². The summed E-state index contributed by atoms with van der Waals surface area (Å²) in [7, 11) is 0. The molecule has 0 N–H and O–H groups in total. The number of piperidine rings is 1. The van der Waals surface area contributed by atoms with Crippen molar-refractivity contribution in [2.45, 2.75) is 50.5 Å². The lowest BCUT2D eigenvalue weighted by atomic mass is 9.77. The van der Waals surface area contributed by atoms with Gasteiger partial charge >= 0.3 is 0 Å². The molecule has 3 aliphatic rings. The molecular formula is C19H24N2. The molecule has 1 saturated carbocycles. The van der Waals surface area contributed by atoms with Gasteiger partial charge in [0.2, 0.25) is 0 Å². The summed E-state index contributed by atoms with van der Waals surface area (Å²) in [5.74, 6) is 1.07. The zero-order chi connectivity index (χ0) is 14.3. The van der Waals surface area contributed by atoms with E-state index in [1.165, 1.54) is 43.2 Å². The largest absolute Gasteiger partial charge is 0.285 e. The number of rotatable bonds is 1. The van der Waals surface area contributed by atoms with Crippen molar-refractivity contribution in [1.82, 2.24) is 4.90 Å². The Morgan fingerprint density at radius 3 is 2.05 bits per heavy atom. The minimum absolute atomic E-state index is 0.181. The molecule has 0 amide bonds. The van der Waals surface area contributed by atoms with Gasteiger partial charge < -0.3 is 0 Å². The molecule has 1 aromatic rings. The van der Waals surface area contributed by atoms with Gasteiger partial charge in [0.05, 0.1) is 6.07 Å². The van der Waals surface area contributed by atoms with Crippen LogP contribution in [0.2, 0.25) is 0 Å². The average Bonchev–Trinajstić information content (AvgIpc) is 2.79. The second kappa shape index (κ2) is 5.14. The van der Waals surface area contributed by atoms with Crippen LogP contribution in [0.5, 0.6) is 0 Å². The molecule has 21 heavy (non-hydrogen) atoms. The summed E-state index contributed by atoms with van der Waals surface area (Å²) in [6, 6.07) is 11.7. The highest BCUT2D eigenvalue weighted by Gasteiger charge is 2.55. The zero-order valence-electron chi connectivity index (χ0n) is 12.7. The quantitative estimate of drug-likeness (QED) is 0.786. The normalized spacial score (nSPS) is 35.8. The maximum absolute atomic E-state index is 10.2. The van der Waals surface area contributed by atoms with E-state index in [-0.39, 0.29) is 5.54 Å². The Labute approximate surface area is 127 Å². The van der Waals surface area contributed by atoms with Gasteiger partial charge in [0.25, 0.3) is 0 Å². The van der Waals surface area contributed by atoms with Crippen molar-refractivity contribution >= 4 is 0 Å². The van der Waals surface area contributed by atoms with Crippen LogP contribution in [0.1, 0.15) is 43.2 Å². The molecule has 2 nitrogen and oxygen atoms in total. The predicted octanol–water partition coefficient (Wildman–Crippen LogP) is 3.56. The molecule has 2 aliphatic carbocycles. The van der Waals surface area contributed by atoms with Gasteiger partial charge in [-0.1, -0.05) is 30.7 Å². The van der Waals surface area contributed by atoms with Gasteiger partial charge in [0.15, 0.2) is 0 Å². The van der Waals surface area contributed by atoms with Gasteiger partial charge in [0.1, 0.15) is 5.54 Å². The van der Waals surface area contributed by atoms with Gasteiger partial charge in [0, 0.05) is 0 Å². The summed E-state index contributed by atoms with van der Waals surface area (Å²) >= 11 is 0. The Morgan fingerprint density at radius 2 is 1.52 bits per heavy atom. The third-order valence-corrected chi connectivity index (χ3v) is 6.22. The molecule has 2 unspecified atom stereocenters. The molecule has 2 bridgehead atoms. The third-order valence-electron chi connectivity index (χ3n) is 6.22. The summed E-state index contributed by atoms with van der Waals surface area (Å²) in [6.45, 7) is 2.27. The van der Waals surface area contributed by atoms with Crippen molar-refractivity contribution in [3.63, 3.8) is 0 Å². The number of fused-ring (bicyclic) bond motifs is 3. The summed E-state index contributed by atoms with van der Waals surface area (Å²) < 4.78 is 0. The van der Waals surface area contributed by atoms with Gasteiger partial charge in [-0.25, -0.2) is 0 Å². The number of hydrogen-bond acceptors (Lipinski definition) is 2. The fourth-order valence-electron chi connectivity index (χ4n) is 5.21. The van der Waals surface area contributed by atoms with E-state index in [2.05, 4.69) is 35.2 Å². The maximum atomic E-state index is 10.2. The van der Waals surface area contributed by atoms with Crippen molar-refractivity contribution in [2.24, 2.45) is 11.8 Å². The minimum Gasteiger partial charge on any atom is -0.285 e. The van der Waals surface area contributed by atoms with Crippen LogP contribution in [-0.2, 0) is 12.8 Å². The van der Waals surface area contributed by atoms with Crippen molar-refractivity contribution in [1.29, 1.82) is 5.26 Å². The zero-order valence-corrected chi connectivity index (χ0v) is 12.7. The first-order valence-corrected chi connectivity index (χ1v) is 8.57. The van der Waals surface area contributed by atoms with Crippen molar-refractivity contribution in [3.05, 3.63) is 35.4 Å². The number of benzene rings is 1. The van der Waals surface area contributed by atoms with E-state index in [9.17, 15) is 5.26 Å². The predicted molar refractivity (Wildman–Crippen MR) is 83.8 cm³/mol.